The second kappa shape index (κ2) is 15.4. The molecular formula is C62H40N2O2. The molecular weight excluding hydrogens is 805 g/mol. The Hall–Kier alpha value is -8.86. The molecule has 0 radical (unpaired) electrons. The Bertz CT molecular complexity index is 3670. The van der Waals surface area contributed by atoms with Gasteiger partial charge in [-0.25, -0.2) is 0 Å². The summed E-state index contributed by atoms with van der Waals surface area (Å²) in [6, 6.07) is 86.3. The lowest BCUT2D eigenvalue weighted by Gasteiger charge is -2.28. The molecule has 0 aliphatic rings. The van der Waals surface area contributed by atoms with Crippen molar-refractivity contribution in [3.8, 4) is 22.3 Å². The van der Waals surface area contributed by atoms with Gasteiger partial charge >= 0.3 is 0 Å². The van der Waals surface area contributed by atoms with E-state index >= 15 is 0 Å². The van der Waals surface area contributed by atoms with Gasteiger partial charge in [-0.1, -0.05) is 146 Å². The molecule has 0 amide bonds. The minimum atomic E-state index is 0.837. The maximum absolute atomic E-state index is 6.73. The van der Waals surface area contributed by atoms with Crippen LogP contribution in [0.25, 0.3) is 87.7 Å². The van der Waals surface area contributed by atoms with Crippen LogP contribution in [0.3, 0.4) is 0 Å². The SMILES string of the molecule is c1ccc(-c2ccccc2N(c2ccccc2)c2ccc3cc4c(cc3c2)oc2cc3c(cc24)oc2cc4cc(N(c5ccccc5)c5ccccc5-c5ccccc5)ccc4cc23)cc1. The maximum atomic E-state index is 6.73. The Kier molecular flexibility index (Phi) is 8.81. The van der Waals surface area contributed by atoms with Gasteiger partial charge in [0.25, 0.3) is 0 Å². The van der Waals surface area contributed by atoms with Crippen LogP contribution >= 0.6 is 0 Å². The van der Waals surface area contributed by atoms with Crippen LogP contribution in [0.15, 0.2) is 251 Å². The van der Waals surface area contributed by atoms with Gasteiger partial charge < -0.3 is 18.6 Å². The zero-order chi connectivity index (χ0) is 43.6. The number of fused-ring (bicyclic) bond motifs is 8. The van der Waals surface area contributed by atoms with E-state index in [1.165, 1.54) is 22.3 Å². The van der Waals surface area contributed by atoms with Gasteiger partial charge in [0.05, 0.1) is 11.4 Å². The van der Waals surface area contributed by atoms with Crippen molar-refractivity contribution in [1.82, 2.24) is 0 Å². The molecule has 0 saturated carbocycles. The predicted octanol–water partition coefficient (Wildman–Crippen LogP) is 18.1. The van der Waals surface area contributed by atoms with Crippen molar-refractivity contribution in [2.45, 2.75) is 0 Å². The van der Waals surface area contributed by atoms with Crippen molar-refractivity contribution >= 4 is 99.5 Å². The third-order valence-corrected chi connectivity index (χ3v) is 13.0. The highest BCUT2D eigenvalue weighted by atomic mass is 16.3. The molecule has 4 heteroatoms. The molecule has 0 atom stereocenters. The van der Waals surface area contributed by atoms with E-state index in [0.29, 0.717) is 0 Å². The molecule has 2 aromatic heterocycles. The quantitative estimate of drug-likeness (QED) is 0.153. The Labute approximate surface area is 381 Å². The van der Waals surface area contributed by atoms with Crippen LogP contribution in [0.5, 0.6) is 0 Å². The van der Waals surface area contributed by atoms with Gasteiger partial charge in [0.15, 0.2) is 0 Å². The number of para-hydroxylation sites is 4. The van der Waals surface area contributed by atoms with Gasteiger partial charge in [0, 0.05) is 55.4 Å². The second-order valence-corrected chi connectivity index (χ2v) is 16.9. The summed E-state index contributed by atoms with van der Waals surface area (Å²) < 4.78 is 13.5. The van der Waals surface area contributed by atoms with E-state index in [1.807, 2.05) is 0 Å². The van der Waals surface area contributed by atoms with Crippen LogP contribution in [-0.4, -0.2) is 0 Å². The van der Waals surface area contributed by atoms with E-state index in [1.54, 1.807) is 0 Å². The summed E-state index contributed by atoms with van der Waals surface area (Å²) in [5.74, 6) is 0. The number of furan rings is 2. The molecule has 66 heavy (non-hydrogen) atoms. The predicted molar refractivity (Wildman–Crippen MR) is 276 cm³/mol. The summed E-state index contributed by atoms with van der Waals surface area (Å²) in [5, 5.41) is 8.68. The standard InChI is InChI=1S/C62H40N2O2/c1-5-17-41(18-6-1)51-25-13-15-27-57(51)63(47-21-9-3-10-22-47)49-31-29-43-35-53-55-39-62-56(40-61(55)65-59(53)37-45(43)33-49)54-36-44-30-32-50(34-46(44)38-60(54)66-62)64(48-23-11-4-12-24-48)58-28-16-14-26-52(58)42-19-7-2-8-20-42/h1-40H. The fourth-order valence-corrected chi connectivity index (χ4v) is 9.85. The number of hydrogen-bond donors (Lipinski definition) is 0. The zero-order valence-corrected chi connectivity index (χ0v) is 35.8. The molecule has 0 bridgehead atoms. The van der Waals surface area contributed by atoms with E-state index < -0.39 is 0 Å². The van der Waals surface area contributed by atoms with E-state index in [0.717, 1.165) is 99.5 Å². The van der Waals surface area contributed by atoms with Gasteiger partial charge in [-0.15, -0.1) is 0 Å². The minimum absolute atomic E-state index is 0.837. The average Bonchev–Trinajstić information content (AvgIpc) is 3.91. The molecule has 11 aromatic carbocycles. The fourth-order valence-electron chi connectivity index (χ4n) is 9.85. The molecule has 310 valence electrons. The average molecular weight is 845 g/mol. The number of nitrogens with zero attached hydrogens (tertiary/aromatic N) is 2. The van der Waals surface area contributed by atoms with Crippen molar-refractivity contribution in [1.29, 1.82) is 0 Å². The first-order chi connectivity index (χ1) is 32.7. The zero-order valence-electron chi connectivity index (χ0n) is 35.8. The van der Waals surface area contributed by atoms with E-state index in [2.05, 4.69) is 252 Å². The van der Waals surface area contributed by atoms with Crippen LogP contribution in [0.2, 0.25) is 0 Å². The van der Waals surface area contributed by atoms with Gasteiger partial charge in [-0.05, 0) is 130 Å². The molecule has 2 heterocycles. The van der Waals surface area contributed by atoms with Crippen LogP contribution in [0, 0.1) is 0 Å². The molecule has 0 aliphatic carbocycles. The number of anilines is 6. The topological polar surface area (TPSA) is 32.8 Å². The van der Waals surface area contributed by atoms with Crippen LogP contribution in [0.1, 0.15) is 0 Å². The summed E-state index contributed by atoms with van der Waals surface area (Å²) >= 11 is 0. The summed E-state index contributed by atoms with van der Waals surface area (Å²) in [5.41, 5.74) is 14.6. The Morgan fingerprint density at radius 1 is 0.242 bits per heavy atom. The largest absolute Gasteiger partial charge is 0.456 e. The first-order valence-corrected chi connectivity index (χ1v) is 22.4. The van der Waals surface area contributed by atoms with Crippen molar-refractivity contribution in [2.24, 2.45) is 0 Å². The Morgan fingerprint density at radius 2 is 0.591 bits per heavy atom. The third kappa shape index (κ3) is 6.38. The lowest BCUT2D eigenvalue weighted by atomic mass is 10.0. The van der Waals surface area contributed by atoms with Gasteiger partial charge in [-0.3, -0.25) is 0 Å². The Balaban J connectivity index is 0.902. The van der Waals surface area contributed by atoms with E-state index in [4.69, 9.17) is 8.83 Å². The molecule has 13 rings (SSSR count). The van der Waals surface area contributed by atoms with Crippen molar-refractivity contribution in [3.63, 3.8) is 0 Å². The molecule has 0 spiro atoms. The molecule has 0 N–H and O–H groups in total. The smallest absolute Gasteiger partial charge is 0.136 e. The van der Waals surface area contributed by atoms with E-state index in [-0.39, 0.29) is 0 Å². The maximum Gasteiger partial charge on any atom is 0.136 e. The van der Waals surface area contributed by atoms with Crippen molar-refractivity contribution < 1.29 is 8.83 Å². The van der Waals surface area contributed by atoms with Gasteiger partial charge in [-0.2, -0.15) is 0 Å². The van der Waals surface area contributed by atoms with Gasteiger partial charge in [0.1, 0.15) is 22.3 Å². The second-order valence-electron chi connectivity index (χ2n) is 16.9. The molecule has 0 aliphatic heterocycles. The van der Waals surface area contributed by atoms with Crippen LogP contribution < -0.4 is 9.80 Å². The normalized spacial score (nSPS) is 11.6. The van der Waals surface area contributed by atoms with Crippen molar-refractivity contribution in [2.75, 3.05) is 9.80 Å². The Morgan fingerprint density at radius 3 is 1.02 bits per heavy atom. The third-order valence-electron chi connectivity index (χ3n) is 13.0. The number of hydrogen-bond acceptors (Lipinski definition) is 4. The van der Waals surface area contributed by atoms with E-state index in [9.17, 15) is 0 Å². The number of benzene rings is 11. The summed E-state index contributed by atoms with van der Waals surface area (Å²) in [7, 11) is 0. The number of rotatable bonds is 8. The monoisotopic (exact) mass is 844 g/mol. The van der Waals surface area contributed by atoms with Crippen molar-refractivity contribution in [3.05, 3.63) is 243 Å². The molecule has 0 saturated heterocycles. The highest BCUT2D eigenvalue weighted by Gasteiger charge is 2.21. The van der Waals surface area contributed by atoms with Crippen LogP contribution in [0.4, 0.5) is 34.1 Å². The first kappa shape index (κ1) is 37.7. The molecule has 0 fully saturated rings. The highest BCUT2D eigenvalue weighted by Crippen LogP contribution is 2.45. The lowest BCUT2D eigenvalue weighted by Crippen LogP contribution is -2.11. The highest BCUT2D eigenvalue weighted by molar-refractivity contribution is 6.18. The van der Waals surface area contributed by atoms with Crippen LogP contribution in [-0.2, 0) is 0 Å². The summed E-state index contributed by atoms with van der Waals surface area (Å²) in [4.78, 5) is 4.69. The fraction of sp³-hybridized carbons (Fsp3) is 0. The summed E-state index contributed by atoms with van der Waals surface area (Å²) in [6.07, 6.45) is 0. The minimum Gasteiger partial charge on any atom is -0.456 e. The first-order valence-electron chi connectivity index (χ1n) is 22.4. The summed E-state index contributed by atoms with van der Waals surface area (Å²) in [6.45, 7) is 0. The molecule has 4 nitrogen and oxygen atoms in total. The van der Waals surface area contributed by atoms with Gasteiger partial charge in [0.2, 0.25) is 0 Å². The molecule has 0 unspecified atom stereocenters. The lowest BCUT2D eigenvalue weighted by molar-refractivity contribution is 0.664. The molecule has 13 aromatic rings.